The van der Waals surface area contributed by atoms with E-state index in [-0.39, 0.29) is 0 Å². The third kappa shape index (κ3) is 6.05. The van der Waals surface area contributed by atoms with Crippen molar-refractivity contribution < 1.29 is 0 Å². The molecule has 11 aromatic rings. The van der Waals surface area contributed by atoms with Gasteiger partial charge < -0.3 is 9.80 Å². The van der Waals surface area contributed by atoms with Crippen molar-refractivity contribution in [2.45, 2.75) is 0 Å². The van der Waals surface area contributed by atoms with Gasteiger partial charge in [0, 0.05) is 40.9 Å². The Morgan fingerprint density at radius 2 is 0.695 bits per heavy atom. The Morgan fingerprint density at radius 3 is 1.25 bits per heavy atom. The fraction of sp³-hybridized carbons (Fsp3) is 0.0175. The predicted molar refractivity (Wildman–Crippen MR) is 253 cm³/mol. The minimum atomic E-state index is 1.10. The first-order valence-electron chi connectivity index (χ1n) is 20.3. The molecule has 0 saturated heterocycles. The molecule has 0 heterocycles. The van der Waals surface area contributed by atoms with Crippen LogP contribution in [0.25, 0.3) is 76.5 Å². The normalized spacial score (nSPS) is 11.5. The molecule has 0 fully saturated rings. The summed E-state index contributed by atoms with van der Waals surface area (Å²) in [5, 5.41) is 10.5. The van der Waals surface area contributed by atoms with Gasteiger partial charge in [0.2, 0.25) is 0 Å². The summed E-state index contributed by atoms with van der Waals surface area (Å²) >= 11 is 0. The molecule has 2 nitrogen and oxygen atoms in total. The topological polar surface area (TPSA) is 6.48 Å². The van der Waals surface area contributed by atoms with Gasteiger partial charge in [-0.2, -0.15) is 0 Å². The summed E-state index contributed by atoms with van der Waals surface area (Å²) in [5.74, 6) is 0. The first-order chi connectivity index (χ1) is 29.2. The summed E-state index contributed by atoms with van der Waals surface area (Å²) in [7, 11) is 2.18. The molecule has 0 aliphatic rings. The lowest BCUT2D eigenvalue weighted by Gasteiger charge is -2.27. The van der Waals surface area contributed by atoms with Gasteiger partial charge in [0.05, 0.1) is 0 Å². The molecule has 2 heteroatoms. The van der Waals surface area contributed by atoms with E-state index >= 15 is 0 Å². The highest BCUT2D eigenvalue weighted by Gasteiger charge is 2.18. The Balaban J connectivity index is 0.931. The maximum absolute atomic E-state index is 2.36. The summed E-state index contributed by atoms with van der Waals surface area (Å²) in [4.78, 5) is 4.68. The van der Waals surface area contributed by atoms with Crippen molar-refractivity contribution in [1.29, 1.82) is 0 Å². The smallest absolute Gasteiger partial charge is 0.0488 e. The summed E-state index contributed by atoms with van der Waals surface area (Å²) in [5.41, 5.74) is 12.8. The zero-order chi connectivity index (χ0) is 39.3. The molecule has 0 aliphatic heterocycles. The van der Waals surface area contributed by atoms with E-state index in [9.17, 15) is 0 Å². The van der Waals surface area contributed by atoms with Crippen LogP contribution >= 0.6 is 0 Å². The van der Waals surface area contributed by atoms with Gasteiger partial charge in [-0.15, -0.1) is 0 Å². The molecule has 0 atom stereocenters. The molecule has 0 aromatic heterocycles. The van der Waals surface area contributed by atoms with E-state index in [2.05, 4.69) is 241 Å². The van der Waals surface area contributed by atoms with Crippen LogP contribution in [-0.4, -0.2) is 7.05 Å². The Labute approximate surface area is 344 Å². The van der Waals surface area contributed by atoms with Crippen molar-refractivity contribution >= 4 is 71.5 Å². The Morgan fingerprint density at radius 1 is 0.271 bits per heavy atom. The number of anilines is 5. The van der Waals surface area contributed by atoms with Crippen molar-refractivity contribution in [1.82, 2.24) is 0 Å². The molecule has 11 aromatic carbocycles. The molecule has 0 radical (unpaired) electrons. The third-order valence-electron chi connectivity index (χ3n) is 12.0. The van der Waals surface area contributed by atoms with Crippen LogP contribution in [0, 0.1) is 0 Å². The van der Waals surface area contributed by atoms with Gasteiger partial charge in [0.25, 0.3) is 0 Å². The fourth-order valence-corrected chi connectivity index (χ4v) is 9.10. The van der Waals surface area contributed by atoms with Crippen molar-refractivity contribution in [2.24, 2.45) is 0 Å². The van der Waals surface area contributed by atoms with Crippen molar-refractivity contribution in [3.8, 4) is 33.4 Å². The van der Waals surface area contributed by atoms with E-state index in [4.69, 9.17) is 0 Å². The number of hydrogen-bond acceptors (Lipinski definition) is 2. The molecule has 59 heavy (non-hydrogen) atoms. The SMILES string of the molecule is CN(c1ccc(-c2ccc(N(c3cccc(-c4ccccc4)c3)c3cccc(-c4ccccc4)c3)cc2)cc1)c1ccc2c3cccc4cccc(c5cccc1c52)c43. The minimum Gasteiger partial charge on any atom is -0.344 e. The van der Waals surface area contributed by atoms with Crippen LogP contribution in [0.5, 0.6) is 0 Å². The van der Waals surface area contributed by atoms with Crippen LogP contribution < -0.4 is 9.80 Å². The molecule has 0 saturated carbocycles. The zero-order valence-corrected chi connectivity index (χ0v) is 32.8. The number of hydrogen-bond donors (Lipinski definition) is 0. The molecule has 0 unspecified atom stereocenters. The first-order valence-corrected chi connectivity index (χ1v) is 20.3. The Kier molecular flexibility index (Phi) is 8.41. The number of rotatable bonds is 8. The second-order valence-electron chi connectivity index (χ2n) is 15.4. The van der Waals surface area contributed by atoms with Crippen LogP contribution in [0.1, 0.15) is 0 Å². The summed E-state index contributed by atoms with van der Waals surface area (Å²) < 4.78 is 0. The lowest BCUT2D eigenvalue weighted by Crippen LogP contribution is -2.10. The quantitative estimate of drug-likeness (QED) is 0.113. The van der Waals surface area contributed by atoms with E-state index in [0.717, 1.165) is 22.7 Å². The third-order valence-corrected chi connectivity index (χ3v) is 12.0. The molecule has 0 spiro atoms. The molecule has 0 bridgehead atoms. The second kappa shape index (κ2) is 14.4. The predicted octanol–water partition coefficient (Wildman–Crippen LogP) is 16.0. The molecule has 0 N–H and O–H groups in total. The lowest BCUT2D eigenvalue weighted by atomic mass is 9.89. The van der Waals surface area contributed by atoms with Crippen molar-refractivity contribution in [3.63, 3.8) is 0 Å². The second-order valence-corrected chi connectivity index (χ2v) is 15.4. The van der Waals surface area contributed by atoms with Crippen molar-refractivity contribution in [2.75, 3.05) is 16.8 Å². The zero-order valence-electron chi connectivity index (χ0n) is 32.8. The maximum Gasteiger partial charge on any atom is 0.0488 e. The molecule has 11 rings (SSSR count). The van der Waals surface area contributed by atoms with E-state index < -0.39 is 0 Å². The average molecular weight is 753 g/mol. The van der Waals surface area contributed by atoms with Gasteiger partial charge in [-0.1, -0.05) is 170 Å². The lowest BCUT2D eigenvalue weighted by molar-refractivity contribution is 1.22. The highest BCUT2D eigenvalue weighted by atomic mass is 15.1. The van der Waals surface area contributed by atoms with Crippen LogP contribution in [0.3, 0.4) is 0 Å². The molecular formula is C57H40N2. The number of fused-ring (bicyclic) bond motifs is 2. The summed E-state index contributed by atoms with van der Waals surface area (Å²) in [6, 6.07) is 81.5. The summed E-state index contributed by atoms with van der Waals surface area (Å²) in [6.45, 7) is 0. The van der Waals surface area contributed by atoms with Gasteiger partial charge >= 0.3 is 0 Å². The first kappa shape index (κ1) is 34.6. The Hall–Kier alpha value is -7.68. The Bertz CT molecular complexity index is 3130. The van der Waals surface area contributed by atoms with Gasteiger partial charge in [0.1, 0.15) is 0 Å². The van der Waals surface area contributed by atoms with Crippen LogP contribution in [0.15, 0.2) is 224 Å². The monoisotopic (exact) mass is 752 g/mol. The van der Waals surface area contributed by atoms with E-state index in [1.54, 1.807) is 0 Å². The number of benzene rings is 11. The van der Waals surface area contributed by atoms with Crippen LogP contribution in [0.2, 0.25) is 0 Å². The van der Waals surface area contributed by atoms with Crippen molar-refractivity contribution in [3.05, 3.63) is 224 Å². The fourth-order valence-electron chi connectivity index (χ4n) is 9.10. The van der Waals surface area contributed by atoms with E-state index in [1.165, 1.54) is 82.2 Å². The molecule has 278 valence electrons. The molecular weight excluding hydrogens is 713 g/mol. The highest BCUT2D eigenvalue weighted by Crippen LogP contribution is 2.44. The molecule has 0 aliphatic carbocycles. The van der Waals surface area contributed by atoms with Gasteiger partial charge in [0.15, 0.2) is 0 Å². The average Bonchev–Trinajstić information content (AvgIpc) is 3.31. The maximum atomic E-state index is 2.36. The van der Waals surface area contributed by atoms with Gasteiger partial charge in [-0.3, -0.25) is 0 Å². The molecule has 0 amide bonds. The van der Waals surface area contributed by atoms with E-state index in [0.29, 0.717) is 0 Å². The number of nitrogens with zero attached hydrogens (tertiary/aromatic N) is 2. The largest absolute Gasteiger partial charge is 0.344 e. The van der Waals surface area contributed by atoms with Gasteiger partial charge in [-0.25, -0.2) is 0 Å². The van der Waals surface area contributed by atoms with Gasteiger partial charge in [-0.05, 0) is 126 Å². The summed E-state index contributed by atoms with van der Waals surface area (Å²) in [6.07, 6.45) is 0. The van der Waals surface area contributed by atoms with Crippen LogP contribution in [0.4, 0.5) is 28.4 Å². The van der Waals surface area contributed by atoms with E-state index in [1.807, 2.05) is 0 Å². The van der Waals surface area contributed by atoms with Crippen LogP contribution in [-0.2, 0) is 0 Å². The minimum absolute atomic E-state index is 1.10. The standard InChI is InChI=1S/C57H40N2/c1-58(55-36-35-53-51-24-11-18-43-17-10-23-50(56(43)51)52-25-12-26-54(55)57(52)53)46-31-27-41(28-32-46)42-29-33-47(34-30-42)59(48-21-8-19-44(37-48)39-13-4-2-5-14-39)49-22-9-20-45(38-49)40-15-6-3-7-16-40/h2-38H,1H3. The highest BCUT2D eigenvalue weighted by molar-refractivity contribution is 6.34.